The van der Waals surface area contributed by atoms with E-state index in [2.05, 4.69) is 6.92 Å². The van der Waals surface area contributed by atoms with Gasteiger partial charge in [-0.1, -0.05) is 26.2 Å². The molecule has 0 saturated heterocycles. The summed E-state index contributed by atoms with van der Waals surface area (Å²) in [5, 5.41) is 7.42. The molecule has 0 aromatic heterocycles. The molecule has 0 amide bonds. The number of alkyl halides is 2. The van der Waals surface area contributed by atoms with Crippen molar-refractivity contribution < 1.29 is 9.90 Å². The van der Waals surface area contributed by atoms with Crippen LogP contribution < -0.4 is 0 Å². The Bertz CT molecular complexity index is 101. The van der Waals surface area contributed by atoms with E-state index >= 15 is 0 Å². The second kappa shape index (κ2) is 11.1. The minimum Gasteiger partial charge on any atom is -0.481 e. The molecule has 0 aromatic carbocycles. The summed E-state index contributed by atoms with van der Waals surface area (Å²) in [5.74, 6) is -0.833. The molecule has 0 spiro atoms. The van der Waals surface area contributed by atoms with E-state index in [1.54, 1.807) is 0 Å². The Morgan fingerprint density at radius 2 is 1.83 bits per heavy atom. The molecule has 0 radical (unpaired) electrons. The molecule has 2 nitrogen and oxygen atoms in total. The zero-order chi connectivity index (χ0) is 9.98. The number of rotatable bonds is 4. The van der Waals surface area contributed by atoms with Gasteiger partial charge in [0.1, 0.15) is 4.84 Å². The Kier molecular flexibility index (Phi) is 13.4. The number of hydrogen-bond acceptors (Lipinski definition) is 1. The van der Waals surface area contributed by atoms with Gasteiger partial charge in [-0.3, -0.25) is 4.79 Å². The standard InChI is InChI=1S/C6H12Cl2.C2H4O2/c1-2-3-4-5-6(7)8;1-2(3)4/h6H,2-5H2,1H3;1H3,(H,3,4). The second-order valence-electron chi connectivity index (χ2n) is 2.41. The van der Waals surface area contributed by atoms with Crippen molar-refractivity contribution in [3.8, 4) is 0 Å². The van der Waals surface area contributed by atoms with Gasteiger partial charge in [0, 0.05) is 6.92 Å². The van der Waals surface area contributed by atoms with Gasteiger partial charge in [0.05, 0.1) is 0 Å². The van der Waals surface area contributed by atoms with Gasteiger partial charge < -0.3 is 5.11 Å². The Morgan fingerprint density at radius 1 is 1.42 bits per heavy atom. The summed E-state index contributed by atoms with van der Waals surface area (Å²) in [6.07, 6.45) is 4.58. The molecule has 12 heavy (non-hydrogen) atoms. The highest BCUT2D eigenvalue weighted by Crippen LogP contribution is 2.11. The summed E-state index contributed by atoms with van der Waals surface area (Å²) < 4.78 is 0. The number of carboxylic acid groups (broad SMARTS) is 1. The fraction of sp³-hybridized carbons (Fsp3) is 0.875. The maximum absolute atomic E-state index is 9.00. The van der Waals surface area contributed by atoms with Crippen molar-refractivity contribution in [2.45, 2.75) is 44.4 Å². The van der Waals surface area contributed by atoms with Crippen molar-refractivity contribution in [3.05, 3.63) is 0 Å². The number of carbonyl (C=O) groups is 1. The van der Waals surface area contributed by atoms with Crippen molar-refractivity contribution in [1.29, 1.82) is 0 Å². The quantitative estimate of drug-likeness (QED) is 0.575. The van der Waals surface area contributed by atoms with Crippen molar-refractivity contribution in [3.63, 3.8) is 0 Å². The Labute approximate surface area is 83.9 Å². The smallest absolute Gasteiger partial charge is 0.300 e. The van der Waals surface area contributed by atoms with Crippen LogP contribution in [-0.4, -0.2) is 15.9 Å². The van der Waals surface area contributed by atoms with Gasteiger partial charge in [-0.25, -0.2) is 0 Å². The summed E-state index contributed by atoms with van der Waals surface area (Å²) in [6, 6.07) is 0. The van der Waals surface area contributed by atoms with Crippen LogP contribution in [0.2, 0.25) is 0 Å². The summed E-state index contributed by atoms with van der Waals surface area (Å²) in [5.41, 5.74) is 0. The minimum atomic E-state index is -0.833. The topological polar surface area (TPSA) is 37.3 Å². The first-order valence-electron chi connectivity index (χ1n) is 3.98. The first-order valence-corrected chi connectivity index (χ1v) is 4.85. The fourth-order valence-corrected chi connectivity index (χ4v) is 0.857. The molecule has 0 aliphatic heterocycles. The largest absolute Gasteiger partial charge is 0.481 e. The molecule has 0 saturated carbocycles. The minimum absolute atomic E-state index is 0.151. The molecule has 0 heterocycles. The molecule has 0 atom stereocenters. The van der Waals surface area contributed by atoms with Gasteiger partial charge in [-0.15, -0.1) is 23.2 Å². The van der Waals surface area contributed by atoms with E-state index in [0.29, 0.717) is 0 Å². The molecule has 4 heteroatoms. The van der Waals surface area contributed by atoms with Crippen molar-refractivity contribution in [2.24, 2.45) is 0 Å². The highest BCUT2D eigenvalue weighted by atomic mass is 35.5. The molecule has 0 bridgehead atoms. The third kappa shape index (κ3) is 32.3. The van der Waals surface area contributed by atoms with Gasteiger partial charge >= 0.3 is 0 Å². The zero-order valence-electron chi connectivity index (χ0n) is 7.52. The van der Waals surface area contributed by atoms with Crippen molar-refractivity contribution in [1.82, 2.24) is 0 Å². The average molecular weight is 215 g/mol. The molecule has 0 fully saturated rings. The SMILES string of the molecule is CC(=O)O.CCCCCC(Cl)Cl. The molecule has 0 aliphatic rings. The summed E-state index contributed by atoms with van der Waals surface area (Å²) in [7, 11) is 0. The predicted molar refractivity (Wildman–Crippen MR) is 52.9 cm³/mol. The Morgan fingerprint density at radius 3 is 2.08 bits per heavy atom. The first-order chi connectivity index (χ1) is 5.50. The van der Waals surface area contributed by atoms with Crippen LogP contribution in [0.5, 0.6) is 0 Å². The number of unbranched alkanes of at least 4 members (excludes halogenated alkanes) is 2. The van der Waals surface area contributed by atoms with Crippen LogP contribution in [0.4, 0.5) is 0 Å². The normalized spacial score (nSPS) is 9.08. The lowest BCUT2D eigenvalue weighted by Gasteiger charge is -1.96. The van der Waals surface area contributed by atoms with Crippen LogP contribution in [0, 0.1) is 0 Å². The molecule has 0 unspecified atom stereocenters. The summed E-state index contributed by atoms with van der Waals surface area (Å²) >= 11 is 11.0. The zero-order valence-corrected chi connectivity index (χ0v) is 9.03. The van der Waals surface area contributed by atoms with Crippen LogP contribution in [-0.2, 0) is 4.79 Å². The number of carboxylic acids is 1. The van der Waals surface area contributed by atoms with Crippen LogP contribution in [0.25, 0.3) is 0 Å². The fourth-order valence-electron chi connectivity index (χ4n) is 0.549. The molecule has 0 aliphatic carbocycles. The molecule has 0 aromatic rings. The number of hydrogen-bond donors (Lipinski definition) is 1. The number of aliphatic carboxylic acids is 1. The van der Waals surface area contributed by atoms with Gasteiger partial charge in [0.15, 0.2) is 0 Å². The third-order valence-corrected chi connectivity index (χ3v) is 1.46. The van der Waals surface area contributed by atoms with Crippen molar-refractivity contribution >= 4 is 29.2 Å². The van der Waals surface area contributed by atoms with Gasteiger partial charge in [-0.05, 0) is 6.42 Å². The lowest BCUT2D eigenvalue weighted by atomic mass is 10.2. The van der Waals surface area contributed by atoms with Gasteiger partial charge in [-0.2, -0.15) is 0 Å². The van der Waals surface area contributed by atoms with E-state index in [0.717, 1.165) is 19.8 Å². The van der Waals surface area contributed by atoms with E-state index in [1.165, 1.54) is 12.8 Å². The van der Waals surface area contributed by atoms with E-state index in [4.69, 9.17) is 33.1 Å². The first kappa shape index (κ1) is 14.6. The highest BCUT2D eigenvalue weighted by Gasteiger charge is 1.95. The Balaban J connectivity index is 0. The second-order valence-corrected chi connectivity index (χ2v) is 3.68. The maximum atomic E-state index is 9.00. The molecule has 0 rings (SSSR count). The molecule has 1 N–H and O–H groups in total. The van der Waals surface area contributed by atoms with E-state index in [9.17, 15) is 0 Å². The molecular formula is C8H16Cl2O2. The van der Waals surface area contributed by atoms with Gasteiger partial charge in [0.25, 0.3) is 5.97 Å². The van der Waals surface area contributed by atoms with Crippen LogP contribution in [0.3, 0.4) is 0 Å². The van der Waals surface area contributed by atoms with Crippen LogP contribution >= 0.6 is 23.2 Å². The van der Waals surface area contributed by atoms with Gasteiger partial charge in [0.2, 0.25) is 0 Å². The molecule has 74 valence electrons. The van der Waals surface area contributed by atoms with Crippen LogP contribution in [0.1, 0.15) is 39.5 Å². The van der Waals surface area contributed by atoms with Crippen molar-refractivity contribution in [2.75, 3.05) is 0 Å². The lowest BCUT2D eigenvalue weighted by Crippen LogP contribution is -1.84. The third-order valence-electron chi connectivity index (χ3n) is 1.03. The molecular weight excluding hydrogens is 199 g/mol. The summed E-state index contributed by atoms with van der Waals surface area (Å²) in [6.45, 7) is 3.25. The summed E-state index contributed by atoms with van der Waals surface area (Å²) in [4.78, 5) is 8.85. The lowest BCUT2D eigenvalue weighted by molar-refractivity contribution is -0.134. The average Bonchev–Trinajstić information content (AvgIpc) is 1.86. The highest BCUT2D eigenvalue weighted by molar-refractivity contribution is 6.44. The van der Waals surface area contributed by atoms with E-state index < -0.39 is 5.97 Å². The van der Waals surface area contributed by atoms with E-state index in [-0.39, 0.29) is 4.84 Å². The predicted octanol–water partition coefficient (Wildman–Crippen LogP) is 3.46. The maximum Gasteiger partial charge on any atom is 0.300 e. The van der Waals surface area contributed by atoms with Crippen LogP contribution in [0.15, 0.2) is 0 Å². The van der Waals surface area contributed by atoms with E-state index in [1.807, 2.05) is 0 Å². The number of halogens is 2. The monoisotopic (exact) mass is 214 g/mol. The Hall–Kier alpha value is 0.0500.